The maximum Gasteiger partial charge on any atom is 0.243 e. The molecule has 1 amide bonds. The minimum absolute atomic E-state index is 0.0334. The van der Waals surface area contributed by atoms with E-state index in [1.54, 1.807) is 4.90 Å². The highest BCUT2D eigenvalue weighted by Crippen LogP contribution is 2.29. The average Bonchev–Trinajstić information content (AvgIpc) is 2.25. The second kappa shape index (κ2) is 3.98. The number of carbonyl (C=O) groups excluding carboxylic acids is 1. The summed E-state index contributed by atoms with van der Waals surface area (Å²) in [7, 11) is 0. The molecule has 3 N–H and O–H groups in total. The number of hydrogen-bond donors (Lipinski definition) is 2. The standard InChI is InChI=1S/C11H20N2O3/c1-2-10(15)7-13(8-10)9(14)11(12)3-5-16-6-4-11/h15H,2-8,12H2,1H3. The van der Waals surface area contributed by atoms with Gasteiger partial charge in [0.05, 0.1) is 24.2 Å². The van der Waals surface area contributed by atoms with Crippen molar-refractivity contribution in [3.63, 3.8) is 0 Å². The van der Waals surface area contributed by atoms with Gasteiger partial charge in [-0.3, -0.25) is 4.79 Å². The van der Waals surface area contributed by atoms with Crippen molar-refractivity contribution in [1.29, 1.82) is 0 Å². The van der Waals surface area contributed by atoms with Crippen molar-refractivity contribution in [2.24, 2.45) is 5.73 Å². The van der Waals surface area contributed by atoms with Gasteiger partial charge < -0.3 is 20.5 Å². The number of nitrogens with zero attached hydrogens (tertiary/aromatic N) is 1. The molecule has 0 spiro atoms. The predicted octanol–water partition coefficient (Wildman–Crippen LogP) is -0.522. The highest BCUT2D eigenvalue weighted by Gasteiger charge is 2.48. The molecule has 2 heterocycles. The first-order valence-corrected chi connectivity index (χ1v) is 5.87. The molecule has 0 bridgehead atoms. The molecule has 92 valence electrons. The Labute approximate surface area is 95.5 Å². The Morgan fingerprint density at radius 1 is 1.44 bits per heavy atom. The SMILES string of the molecule is CCC1(O)CN(C(=O)C2(N)CCOCC2)C1. The van der Waals surface area contributed by atoms with E-state index in [9.17, 15) is 9.90 Å². The van der Waals surface area contributed by atoms with Gasteiger partial charge in [0, 0.05) is 13.2 Å². The van der Waals surface area contributed by atoms with E-state index in [-0.39, 0.29) is 5.91 Å². The number of nitrogens with two attached hydrogens (primary N) is 1. The third-order valence-corrected chi connectivity index (χ3v) is 3.73. The number of rotatable bonds is 2. The highest BCUT2D eigenvalue weighted by molar-refractivity contribution is 5.87. The van der Waals surface area contributed by atoms with E-state index in [4.69, 9.17) is 10.5 Å². The van der Waals surface area contributed by atoms with Crippen molar-refractivity contribution in [1.82, 2.24) is 4.90 Å². The van der Waals surface area contributed by atoms with Crippen LogP contribution in [0.15, 0.2) is 0 Å². The van der Waals surface area contributed by atoms with Gasteiger partial charge in [-0.15, -0.1) is 0 Å². The molecule has 2 aliphatic heterocycles. The first-order chi connectivity index (χ1) is 7.49. The molecule has 5 heteroatoms. The van der Waals surface area contributed by atoms with Crippen LogP contribution in [0.25, 0.3) is 0 Å². The number of carbonyl (C=O) groups is 1. The zero-order valence-corrected chi connectivity index (χ0v) is 9.74. The quantitative estimate of drug-likeness (QED) is 0.666. The van der Waals surface area contributed by atoms with Crippen LogP contribution in [0, 0.1) is 0 Å². The molecule has 2 saturated heterocycles. The number of β-amino-alcohol motifs (C(OH)–C–C–N with tert-alkyl or cyclic N) is 1. The van der Waals surface area contributed by atoms with E-state index >= 15 is 0 Å². The van der Waals surface area contributed by atoms with Crippen LogP contribution in [0.4, 0.5) is 0 Å². The number of likely N-dealkylation sites (tertiary alicyclic amines) is 1. The summed E-state index contributed by atoms with van der Waals surface area (Å²) >= 11 is 0. The maximum absolute atomic E-state index is 12.1. The van der Waals surface area contributed by atoms with Gasteiger partial charge in [-0.1, -0.05) is 6.92 Å². The fourth-order valence-electron chi connectivity index (χ4n) is 2.30. The van der Waals surface area contributed by atoms with Crippen molar-refractivity contribution in [2.75, 3.05) is 26.3 Å². The molecule has 0 aromatic rings. The van der Waals surface area contributed by atoms with Crippen LogP contribution in [-0.4, -0.2) is 53.4 Å². The Morgan fingerprint density at radius 3 is 2.50 bits per heavy atom. The van der Waals surface area contributed by atoms with E-state index in [1.807, 2.05) is 6.92 Å². The van der Waals surface area contributed by atoms with E-state index in [1.165, 1.54) is 0 Å². The molecular formula is C11H20N2O3. The fraction of sp³-hybridized carbons (Fsp3) is 0.909. The average molecular weight is 228 g/mol. The minimum atomic E-state index is -0.771. The summed E-state index contributed by atoms with van der Waals surface area (Å²) in [6, 6.07) is 0. The van der Waals surface area contributed by atoms with Gasteiger partial charge in [-0.05, 0) is 19.3 Å². The molecule has 16 heavy (non-hydrogen) atoms. The third kappa shape index (κ3) is 1.95. The van der Waals surface area contributed by atoms with Crippen molar-refractivity contribution in [3.05, 3.63) is 0 Å². The molecular weight excluding hydrogens is 208 g/mol. The fourth-order valence-corrected chi connectivity index (χ4v) is 2.30. The minimum Gasteiger partial charge on any atom is -0.386 e. The van der Waals surface area contributed by atoms with E-state index in [2.05, 4.69) is 0 Å². The predicted molar refractivity (Wildman–Crippen MR) is 58.8 cm³/mol. The zero-order chi connectivity index (χ0) is 11.8. The molecule has 0 atom stereocenters. The van der Waals surface area contributed by atoms with Crippen LogP contribution >= 0.6 is 0 Å². The Balaban J connectivity index is 1.94. The van der Waals surface area contributed by atoms with E-state index in [0.29, 0.717) is 45.6 Å². The second-order valence-electron chi connectivity index (χ2n) is 5.01. The summed E-state index contributed by atoms with van der Waals surface area (Å²) in [6.07, 6.45) is 1.83. The number of amides is 1. The lowest BCUT2D eigenvalue weighted by molar-refractivity contribution is -0.164. The Kier molecular flexibility index (Phi) is 2.94. The Hall–Kier alpha value is -0.650. The highest BCUT2D eigenvalue weighted by atomic mass is 16.5. The summed E-state index contributed by atoms with van der Waals surface area (Å²) in [4.78, 5) is 13.8. The Bertz CT molecular complexity index is 281. The zero-order valence-electron chi connectivity index (χ0n) is 9.74. The van der Waals surface area contributed by atoms with Gasteiger partial charge in [-0.25, -0.2) is 0 Å². The van der Waals surface area contributed by atoms with E-state index < -0.39 is 11.1 Å². The van der Waals surface area contributed by atoms with Gasteiger partial charge in [-0.2, -0.15) is 0 Å². The summed E-state index contributed by atoms with van der Waals surface area (Å²) in [5, 5.41) is 9.86. The number of aliphatic hydroxyl groups is 1. The van der Waals surface area contributed by atoms with Crippen molar-refractivity contribution in [3.8, 4) is 0 Å². The molecule has 0 aromatic carbocycles. The van der Waals surface area contributed by atoms with Gasteiger partial charge in [0.1, 0.15) is 0 Å². The molecule has 0 unspecified atom stereocenters. The lowest BCUT2D eigenvalue weighted by atomic mass is 9.84. The lowest BCUT2D eigenvalue weighted by Gasteiger charge is -2.49. The van der Waals surface area contributed by atoms with Crippen LogP contribution in [0.3, 0.4) is 0 Å². The summed E-state index contributed by atoms with van der Waals surface area (Å²) in [6.45, 7) is 3.86. The van der Waals surface area contributed by atoms with E-state index in [0.717, 1.165) is 0 Å². The number of hydrogen-bond acceptors (Lipinski definition) is 4. The molecule has 2 aliphatic rings. The largest absolute Gasteiger partial charge is 0.386 e. The molecule has 2 fully saturated rings. The van der Waals surface area contributed by atoms with Crippen LogP contribution < -0.4 is 5.73 Å². The smallest absolute Gasteiger partial charge is 0.243 e. The van der Waals surface area contributed by atoms with Crippen molar-refractivity contribution in [2.45, 2.75) is 37.3 Å². The molecule has 0 saturated carbocycles. The first-order valence-electron chi connectivity index (χ1n) is 5.87. The van der Waals surface area contributed by atoms with Crippen molar-refractivity contribution < 1.29 is 14.6 Å². The van der Waals surface area contributed by atoms with Crippen molar-refractivity contribution >= 4 is 5.91 Å². The maximum atomic E-state index is 12.1. The molecule has 0 aromatic heterocycles. The molecule has 0 radical (unpaired) electrons. The van der Waals surface area contributed by atoms with Crippen LogP contribution in [0.2, 0.25) is 0 Å². The Morgan fingerprint density at radius 2 is 2.00 bits per heavy atom. The van der Waals surface area contributed by atoms with Gasteiger partial charge in [0.25, 0.3) is 0 Å². The topological polar surface area (TPSA) is 75.8 Å². The molecule has 2 rings (SSSR count). The normalized spacial score (nSPS) is 27.3. The molecule has 5 nitrogen and oxygen atoms in total. The summed E-state index contributed by atoms with van der Waals surface area (Å²) in [5.41, 5.74) is 4.64. The number of ether oxygens (including phenoxy) is 1. The second-order valence-corrected chi connectivity index (χ2v) is 5.01. The van der Waals surface area contributed by atoms with Crippen LogP contribution in [0.1, 0.15) is 26.2 Å². The molecule has 0 aliphatic carbocycles. The third-order valence-electron chi connectivity index (χ3n) is 3.73. The summed E-state index contributed by atoms with van der Waals surface area (Å²) in [5.74, 6) is -0.0334. The van der Waals surface area contributed by atoms with Gasteiger partial charge in [0.2, 0.25) is 5.91 Å². The van der Waals surface area contributed by atoms with Gasteiger partial charge >= 0.3 is 0 Å². The van der Waals surface area contributed by atoms with Gasteiger partial charge in [0.15, 0.2) is 0 Å². The lowest BCUT2D eigenvalue weighted by Crippen LogP contribution is -2.69. The summed E-state index contributed by atoms with van der Waals surface area (Å²) < 4.78 is 5.21. The monoisotopic (exact) mass is 228 g/mol. The van der Waals surface area contributed by atoms with Crippen LogP contribution in [-0.2, 0) is 9.53 Å². The van der Waals surface area contributed by atoms with Crippen LogP contribution in [0.5, 0.6) is 0 Å². The first kappa shape index (κ1) is 11.8.